The van der Waals surface area contributed by atoms with E-state index in [-0.39, 0.29) is 5.41 Å². The van der Waals surface area contributed by atoms with Crippen molar-refractivity contribution in [2.24, 2.45) is 0 Å². The van der Waals surface area contributed by atoms with Crippen molar-refractivity contribution in [2.75, 3.05) is 0 Å². The van der Waals surface area contributed by atoms with Crippen LogP contribution in [0.4, 0.5) is 0 Å². The number of nitrogens with zero attached hydrogens (tertiary/aromatic N) is 4. The highest BCUT2D eigenvalue weighted by molar-refractivity contribution is 6.13. The third-order valence-electron chi connectivity index (χ3n) is 10.9. The van der Waals surface area contributed by atoms with Gasteiger partial charge in [0.25, 0.3) is 0 Å². The highest BCUT2D eigenvalue weighted by Crippen LogP contribution is 2.52. The molecule has 0 saturated carbocycles. The van der Waals surface area contributed by atoms with E-state index in [2.05, 4.69) is 109 Å². The van der Waals surface area contributed by atoms with Crippen LogP contribution in [-0.2, 0) is 5.41 Å². The first-order chi connectivity index (χ1) is 26.5. The van der Waals surface area contributed by atoms with Crippen molar-refractivity contribution in [3.8, 4) is 51.3 Å². The standard InChI is InChI=1S/C48H32N4O2/c1-48(2)36-21-8-11-24-40(36)54-44-37(48)27-26-33-32-18-6-9-22-38(32)52(43(33)44)31-17-12-16-30(28-31)46-49-45(29-14-4-3-5-15-29)50-47(51-46)35-20-13-25-41-42(35)34-19-7-10-23-39(34)53-41/h3-28H,1-2H3. The Morgan fingerprint density at radius 3 is 2.09 bits per heavy atom. The lowest BCUT2D eigenvalue weighted by Crippen LogP contribution is -2.24. The van der Waals surface area contributed by atoms with Crippen LogP contribution in [0.15, 0.2) is 162 Å². The summed E-state index contributed by atoms with van der Waals surface area (Å²) in [6.07, 6.45) is 0. The topological polar surface area (TPSA) is 66.0 Å². The van der Waals surface area contributed by atoms with Crippen molar-refractivity contribution in [2.45, 2.75) is 19.3 Å². The van der Waals surface area contributed by atoms with Crippen LogP contribution in [0, 0.1) is 0 Å². The number of furan rings is 1. The maximum Gasteiger partial charge on any atom is 0.164 e. The monoisotopic (exact) mass is 696 g/mol. The summed E-state index contributed by atoms with van der Waals surface area (Å²) in [7, 11) is 0. The predicted molar refractivity (Wildman–Crippen MR) is 216 cm³/mol. The van der Waals surface area contributed by atoms with Gasteiger partial charge in [0.15, 0.2) is 23.2 Å². The van der Waals surface area contributed by atoms with Crippen molar-refractivity contribution < 1.29 is 9.15 Å². The van der Waals surface area contributed by atoms with Gasteiger partial charge < -0.3 is 13.7 Å². The van der Waals surface area contributed by atoms with Crippen molar-refractivity contribution in [3.05, 3.63) is 169 Å². The summed E-state index contributed by atoms with van der Waals surface area (Å²) in [5, 5.41) is 4.31. The van der Waals surface area contributed by atoms with E-state index in [1.165, 1.54) is 5.56 Å². The first kappa shape index (κ1) is 30.6. The van der Waals surface area contributed by atoms with Gasteiger partial charge in [-0.1, -0.05) is 135 Å². The summed E-state index contributed by atoms with van der Waals surface area (Å²) < 4.78 is 15.4. The van der Waals surface area contributed by atoms with Crippen LogP contribution in [0.2, 0.25) is 0 Å². The Morgan fingerprint density at radius 2 is 1.20 bits per heavy atom. The zero-order chi connectivity index (χ0) is 36.0. The number of benzene rings is 7. The van der Waals surface area contributed by atoms with Crippen LogP contribution >= 0.6 is 0 Å². The van der Waals surface area contributed by atoms with Crippen molar-refractivity contribution in [3.63, 3.8) is 0 Å². The summed E-state index contributed by atoms with van der Waals surface area (Å²) in [6.45, 7) is 4.56. The zero-order valence-corrected chi connectivity index (χ0v) is 29.6. The first-order valence-electron chi connectivity index (χ1n) is 18.2. The van der Waals surface area contributed by atoms with Gasteiger partial charge in [0, 0.05) is 60.5 Å². The molecule has 10 aromatic rings. The fourth-order valence-corrected chi connectivity index (χ4v) is 8.30. The highest BCUT2D eigenvalue weighted by Gasteiger charge is 2.36. The van der Waals surface area contributed by atoms with Gasteiger partial charge in [0.2, 0.25) is 0 Å². The molecule has 256 valence electrons. The van der Waals surface area contributed by atoms with E-state index in [0.717, 1.165) is 83.2 Å². The minimum Gasteiger partial charge on any atom is -0.456 e. The minimum absolute atomic E-state index is 0.250. The predicted octanol–water partition coefficient (Wildman–Crippen LogP) is 12.3. The van der Waals surface area contributed by atoms with E-state index in [1.807, 2.05) is 66.7 Å². The largest absolute Gasteiger partial charge is 0.456 e. The van der Waals surface area contributed by atoms with E-state index in [4.69, 9.17) is 24.1 Å². The normalized spacial score (nSPS) is 13.3. The molecule has 0 saturated heterocycles. The van der Waals surface area contributed by atoms with E-state index >= 15 is 0 Å². The fourth-order valence-electron chi connectivity index (χ4n) is 8.30. The molecule has 6 nitrogen and oxygen atoms in total. The molecule has 0 bridgehead atoms. The lowest BCUT2D eigenvalue weighted by Gasteiger charge is -2.35. The Labute approximate surface area is 311 Å². The molecule has 0 amide bonds. The molecule has 11 rings (SSSR count). The average Bonchev–Trinajstić information content (AvgIpc) is 3.78. The second-order valence-corrected chi connectivity index (χ2v) is 14.4. The number of hydrogen-bond donors (Lipinski definition) is 0. The lowest BCUT2D eigenvalue weighted by molar-refractivity contribution is 0.421. The number of ether oxygens (including phenoxy) is 1. The quantitative estimate of drug-likeness (QED) is 0.183. The first-order valence-corrected chi connectivity index (χ1v) is 18.2. The molecule has 0 N–H and O–H groups in total. The van der Waals surface area contributed by atoms with Crippen molar-refractivity contribution in [1.29, 1.82) is 0 Å². The average molecular weight is 697 g/mol. The van der Waals surface area contributed by atoms with E-state index in [1.54, 1.807) is 0 Å². The molecule has 54 heavy (non-hydrogen) atoms. The Kier molecular flexibility index (Phi) is 6.49. The number of hydrogen-bond acceptors (Lipinski definition) is 5. The third kappa shape index (κ3) is 4.50. The number of rotatable bonds is 4. The van der Waals surface area contributed by atoms with Gasteiger partial charge >= 0.3 is 0 Å². The molecular weight excluding hydrogens is 665 g/mol. The molecular formula is C48H32N4O2. The smallest absolute Gasteiger partial charge is 0.164 e. The Hall–Kier alpha value is -7.05. The summed E-state index contributed by atoms with van der Waals surface area (Å²) in [4.78, 5) is 15.4. The van der Waals surface area contributed by atoms with Gasteiger partial charge in [-0.25, -0.2) is 15.0 Å². The van der Waals surface area contributed by atoms with Gasteiger partial charge in [-0.3, -0.25) is 0 Å². The second-order valence-electron chi connectivity index (χ2n) is 14.4. The SMILES string of the molecule is CC1(C)c2ccccc2Oc2c1ccc1c3ccccc3n(-c3cccc(-c4nc(-c5ccccc5)nc(-c5cccc6oc7ccccc7c56)n4)c3)c21. The summed E-state index contributed by atoms with van der Waals surface area (Å²) >= 11 is 0. The Morgan fingerprint density at radius 1 is 0.519 bits per heavy atom. The molecule has 0 unspecified atom stereocenters. The maximum absolute atomic E-state index is 6.86. The van der Waals surface area contributed by atoms with Gasteiger partial charge in [0.05, 0.1) is 11.0 Å². The van der Waals surface area contributed by atoms with Crippen LogP contribution in [0.5, 0.6) is 11.5 Å². The number of fused-ring (bicyclic) bond motifs is 9. The van der Waals surface area contributed by atoms with E-state index in [0.29, 0.717) is 17.5 Å². The molecule has 1 aliphatic rings. The molecule has 0 spiro atoms. The molecule has 6 heteroatoms. The summed E-state index contributed by atoms with van der Waals surface area (Å²) in [6, 6.07) is 54.2. The minimum atomic E-state index is -0.250. The third-order valence-corrected chi connectivity index (χ3v) is 10.9. The fraction of sp³-hybridized carbons (Fsp3) is 0.0625. The van der Waals surface area contributed by atoms with Crippen LogP contribution in [0.1, 0.15) is 25.0 Å². The summed E-state index contributed by atoms with van der Waals surface area (Å²) in [5.41, 5.74) is 9.51. The van der Waals surface area contributed by atoms with Crippen LogP contribution in [0.25, 0.3) is 83.6 Å². The molecule has 0 aliphatic carbocycles. The lowest BCUT2D eigenvalue weighted by atomic mass is 9.75. The van der Waals surface area contributed by atoms with Crippen LogP contribution in [-0.4, -0.2) is 19.5 Å². The van der Waals surface area contributed by atoms with Crippen LogP contribution < -0.4 is 4.74 Å². The van der Waals surface area contributed by atoms with Gasteiger partial charge in [-0.05, 0) is 36.4 Å². The molecule has 0 atom stereocenters. The van der Waals surface area contributed by atoms with Gasteiger partial charge in [-0.2, -0.15) is 0 Å². The highest BCUT2D eigenvalue weighted by atomic mass is 16.5. The molecule has 1 aliphatic heterocycles. The van der Waals surface area contributed by atoms with Crippen LogP contribution in [0.3, 0.4) is 0 Å². The van der Waals surface area contributed by atoms with Gasteiger partial charge in [0.1, 0.15) is 16.9 Å². The Balaban J connectivity index is 1.15. The number of aromatic nitrogens is 4. The van der Waals surface area contributed by atoms with Gasteiger partial charge in [-0.15, -0.1) is 0 Å². The Bertz CT molecular complexity index is 3120. The molecule has 7 aromatic carbocycles. The van der Waals surface area contributed by atoms with Crippen molar-refractivity contribution in [1.82, 2.24) is 19.5 Å². The van der Waals surface area contributed by atoms with E-state index in [9.17, 15) is 0 Å². The van der Waals surface area contributed by atoms with Crippen molar-refractivity contribution >= 4 is 43.7 Å². The second kappa shape index (κ2) is 11.5. The maximum atomic E-state index is 6.86. The molecule has 3 aromatic heterocycles. The molecule has 4 heterocycles. The van der Waals surface area contributed by atoms with E-state index < -0.39 is 0 Å². The summed E-state index contributed by atoms with van der Waals surface area (Å²) in [5.74, 6) is 3.54. The zero-order valence-electron chi connectivity index (χ0n) is 29.6. The molecule has 0 radical (unpaired) electrons. The number of para-hydroxylation sites is 3. The molecule has 0 fully saturated rings.